The van der Waals surface area contributed by atoms with E-state index in [0.29, 0.717) is 5.56 Å². The molecule has 184 valence electrons. The molecule has 2 rings (SSSR count). The lowest BCUT2D eigenvalue weighted by molar-refractivity contribution is -0.145. The molecule has 0 amide bonds. The van der Waals surface area contributed by atoms with Gasteiger partial charge in [-0.15, -0.1) is 0 Å². The summed E-state index contributed by atoms with van der Waals surface area (Å²) in [4.78, 5) is 33.9. The molecule has 0 aliphatic heterocycles. The second kappa shape index (κ2) is 13.4. The normalized spacial score (nSPS) is 10.5. The summed E-state index contributed by atoms with van der Waals surface area (Å²) in [7, 11) is 0. The van der Waals surface area contributed by atoms with Gasteiger partial charge in [-0.25, -0.2) is 23.2 Å². The Morgan fingerprint density at radius 3 is 2.20 bits per heavy atom. The van der Waals surface area contributed by atoms with Gasteiger partial charge in [-0.05, 0) is 42.3 Å². The maximum absolute atomic E-state index is 14.6. The molecule has 0 aliphatic carbocycles. The van der Waals surface area contributed by atoms with Crippen molar-refractivity contribution in [3.63, 3.8) is 0 Å². The number of hydrogen-bond acceptors (Lipinski definition) is 7. The van der Waals surface area contributed by atoms with Crippen LogP contribution in [0.1, 0.15) is 12.5 Å². The first-order valence-electron chi connectivity index (χ1n) is 10.4. The highest BCUT2D eigenvalue weighted by atomic mass is 19.1. The molecule has 2 aromatic carbocycles. The predicted octanol–water partition coefficient (Wildman–Crippen LogP) is 4.42. The average molecular weight is 486 g/mol. The van der Waals surface area contributed by atoms with Crippen molar-refractivity contribution in [1.29, 1.82) is 0 Å². The van der Waals surface area contributed by atoms with Gasteiger partial charge in [-0.3, -0.25) is 0 Å². The fourth-order valence-corrected chi connectivity index (χ4v) is 2.62. The Morgan fingerprint density at radius 2 is 1.57 bits per heavy atom. The van der Waals surface area contributed by atoms with Crippen molar-refractivity contribution in [3.8, 4) is 16.9 Å². The first-order valence-corrected chi connectivity index (χ1v) is 10.4. The molecule has 7 nitrogen and oxygen atoms in total. The Labute approximate surface area is 201 Å². The van der Waals surface area contributed by atoms with Crippen LogP contribution in [0.15, 0.2) is 67.3 Å². The fraction of sp³-hybridized carbons (Fsp3) is 0.192. The average Bonchev–Trinajstić information content (AvgIpc) is 2.83. The molecular formula is C26H24F2O7. The maximum atomic E-state index is 14.6. The van der Waals surface area contributed by atoms with E-state index in [-0.39, 0.29) is 48.9 Å². The lowest BCUT2D eigenvalue weighted by atomic mass is 10.0. The van der Waals surface area contributed by atoms with Crippen LogP contribution in [-0.2, 0) is 28.6 Å². The number of hydrogen-bond donors (Lipinski definition) is 0. The van der Waals surface area contributed by atoms with Gasteiger partial charge < -0.3 is 18.9 Å². The molecule has 35 heavy (non-hydrogen) atoms. The summed E-state index contributed by atoms with van der Waals surface area (Å²) >= 11 is 0. The Hall–Kier alpha value is -4.27. The Balaban J connectivity index is 1.93. The van der Waals surface area contributed by atoms with Crippen molar-refractivity contribution in [2.24, 2.45) is 0 Å². The van der Waals surface area contributed by atoms with Crippen LogP contribution in [-0.4, -0.2) is 44.3 Å². The van der Waals surface area contributed by atoms with E-state index in [4.69, 9.17) is 14.2 Å². The minimum Gasteiger partial charge on any atom is -0.487 e. The second-order valence-corrected chi connectivity index (χ2v) is 7.02. The Morgan fingerprint density at radius 1 is 0.886 bits per heavy atom. The highest BCUT2D eigenvalue weighted by Crippen LogP contribution is 2.28. The molecule has 0 atom stereocenters. The fourth-order valence-electron chi connectivity index (χ4n) is 2.62. The van der Waals surface area contributed by atoms with Crippen LogP contribution >= 0.6 is 0 Å². The van der Waals surface area contributed by atoms with Crippen LogP contribution in [0.3, 0.4) is 0 Å². The Kier molecular flexibility index (Phi) is 10.4. The third-order valence-electron chi connectivity index (χ3n) is 4.31. The van der Waals surface area contributed by atoms with E-state index in [1.54, 1.807) is 6.07 Å². The zero-order valence-electron chi connectivity index (χ0n) is 19.1. The number of carbonyl (C=O) groups excluding carboxylic acids is 3. The predicted molar refractivity (Wildman–Crippen MR) is 124 cm³/mol. The molecule has 0 radical (unpaired) electrons. The summed E-state index contributed by atoms with van der Waals surface area (Å²) in [6.07, 6.45) is 3.44. The minimum absolute atomic E-state index is 0.0624. The van der Waals surface area contributed by atoms with Crippen LogP contribution in [0.25, 0.3) is 17.2 Å². The zero-order valence-corrected chi connectivity index (χ0v) is 19.1. The summed E-state index contributed by atoms with van der Waals surface area (Å²) in [5.41, 5.74) is 1.05. The number of carbonyl (C=O) groups is 3. The molecule has 0 spiro atoms. The smallest absolute Gasteiger partial charge is 0.333 e. The summed E-state index contributed by atoms with van der Waals surface area (Å²) in [5, 5.41) is 0. The number of halogens is 2. The van der Waals surface area contributed by atoms with Gasteiger partial charge in [0.2, 0.25) is 0 Å². The van der Waals surface area contributed by atoms with Crippen molar-refractivity contribution in [1.82, 2.24) is 0 Å². The molecule has 0 bridgehead atoms. The lowest BCUT2D eigenvalue weighted by Gasteiger charge is -2.10. The number of ether oxygens (including phenoxy) is 4. The van der Waals surface area contributed by atoms with Gasteiger partial charge in [-0.2, -0.15) is 0 Å². The monoisotopic (exact) mass is 486 g/mol. The standard InChI is InChI=1S/C26H24F2O7/c1-4-24(29)33-12-13-34-25(30)10-6-18-5-8-20(21(27)15-18)19-7-9-23(22(28)16-19)32-11-14-35-26(31)17(2)3/h4-10,15-16H,1-2,11-14H2,3H3/b10-6+. The minimum atomic E-state index is -0.710. The Bertz CT molecular complexity index is 1140. The van der Waals surface area contributed by atoms with Gasteiger partial charge in [0.1, 0.15) is 32.2 Å². The number of esters is 3. The van der Waals surface area contributed by atoms with Gasteiger partial charge in [0.15, 0.2) is 11.6 Å². The number of benzene rings is 2. The van der Waals surface area contributed by atoms with E-state index in [2.05, 4.69) is 17.9 Å². The van der Waals surface area contributed by atoms with E-state index >= 15 is 0 Å². The SMILES string of the molecule is C=CC(=O)OCCOC(=O)/C=C/c1ccc(-c2ccc(OCCOC(=O)C(=C)C)c(F)c2)c(F)c1. The van der Waals surface area contributed by atoms with Crippen molar-refractivity contribution < 1.29 is 42.1 Å². The van der Waals surface area contributed by atoms with Crippen molar-refractivity contribution >= 4 is 24.0 Å². The van der Waals surface area contributed by atoms with E-state index in [1.165, 1.54) is 37.3 Å². The van der Waals surface area contributed by atoms with E-state index < -0.39 is 29.5 Å². The van der Waals surface area contributed by atoms with Gasteiger partial charge >= 0.3 is 17.9 Å². The van der Waals surface area contributed by atoms with Crippen molar-refractivity contribution in [2.45, 2.75) is 6.92 Å². The molecule has 0 heterocycles. The largest absolute Gasteiger partial charge is 0.487 e. The first kappa shape index (κ1) is 27.0. The van der Waals surface area contributed by atoms with Gasteiger partial charge in [0.05, 0.1) is 0 Å². The topological polar surface area (TPSA) is 88.1 Å². The molecule has 0 aliphatic rings. The summed E-state index contributed by atoms with van der Waals surface area (Å²) < 4.78 is 48.7. The summed E-state index contributed by atoms with van der Waals surface area (Å²) in [6.45, 7) is 7.80. The molecule has 0 N–H and O–H groups in total. The summed E-state index contributed by atoms with van der Waals surface area (Å²) in [6, 6.07) is 8.14. The molecule has 9 heteroatoms. The molecule has 0 saturated heterocycles. The van der Waals surface area contributed by atoms with Gasteiger partial charge in [0, 0.05) is 23.3 Å². The van der Waals surface area contributed by atoms with E-state index in [9.17, 15) is 23.2 Å². The maximum Gasteiger partial charge on any atom is 0.333 e. The van der Waals surface area contributed by atoms with Crippen molar-refractivity contribution in [2.75, 3.05) is 26.4 Å². The van der Waals surface area contributed by atoms with Crippen LogP contribution in [0, 0.1) is 11.6 Å². The molecule has 0 unspecified atom stereocenters. The quantitative estimate of drug-likeness (QED) is 0.190. The van der Waals surface area contributed by atoms with E-state index in [0.717, 1.165) is 18.2 Å². The van der Waals surface area contributed by atoms with Crippen LogP contribution in [0.2, 0.25) is 0 Å². The van der Waals surface area contributed by atoms with Gasteiger partial charge in [-0.1, -0.05) is 31.4 Å². The molecular weight excluding hydrogens is 462 g/mol. The molecule has 2 aromatic rings. The molecule has 0 aromatic heterocycles. The second-order valence-electron chi connectivity index (χ2n) is 7.02. The van der Waals surface area contributed by atoms with Crippen LogP contribution in [0.4, 0.5) is 8.78 Å². The first-order chi connectivity index (χ1) is 16.7. The number of rotatable bonds is 12. The van der Waals surface area contributed by atoms with E-state index in [1.807, 2.05) is 0 Å². The third-order valence-corrected chi connectivity index (χ3v) is 4.31. The third kappa shape index (κ3) is 8.88. The molecule has 0 fully saturated rings. The lowest BCUT2D eigenvalue weighted by Crippen LogP contribution is -2.12. The highest BCUT2D eigenvalue weighted by Gasteiger charge is 2.11. The van der Waals surface area contributed by atoms with Crippen molar-refractivity contribution in [3.05, 3.63) is 84.5 Å². The van der Waals surface area contributed by atoms with Crippen LogP contribution < -0.4 is 4.74 Å². The van der Waals surface area contributed by atoms with Crippen LogP contribution in [0.5, 0.6) is 5.75 Å². The highest BCUT2D eigenvalue weighted by molar-refractivity contribution is 5.87. The summed E-state index contributed by atoms with van der Waals surface area (Å²) in [5.74, 6) is -3.30. The molecule has 0 saturated carbocycles. The van der Waals surface area contributed by atoms with Gasteiger partial charge in [0.25, 0.3) is 0 Å². The zero-order chi connectivity index (χ0) is 25.8.